The Balaban J connectivity index is 0.915. The molecule has 8 nitrogen and oxygen atoms in total. The molecule has 338 valence electrons. The molecular weight excluding hydrogens is 885 g/mol. The molecule has 0 N–H and O–H groups in total. The summed E-state index contributed by atoms with van der Waals surface area (Å²) < 4.78 is 17.9. The van der Waals surface area contributed by atoms with E-state index in [9.17, 15) is 0 Å². The van der Waals surface area contributed by atoms with Crippen molar-refractivity contribution in [2.75, 3.05) is 0 Å². The highest BCUT2D eigenvalue weighted by molar-refractivity contribution is 6.20. The van der Waals surface area contributed by atoms with Crippen LogP contribution in [0.1, 0.15) is 12.7 Å². The van der Waals surface area contributed by atoms with Crippen LogP contribution in [0.15, 0.2) is 221 Å². The van der Waals surface area contributed by atoms with E-state index in [4.69, 9.17) is 28.8 Å². The van der Waals surface area contributed by atoms with Gasteiger partial charge in [-0.25, -0.2) is 19.9 Å². The number of aromatic nitrogens is 6. The molecule has 0 aliphatic rings. The van der Waals surface area contributed by atoms with Crippen LogP contribution in [0, 0.1) is 0 Å². The van der Waals surface area contributed by atoms with Crippen LogP contribution in [0.25, 0.3) is 144 Å². The monoisotopic (exact) mass is 924 g/mol. The first-order chi connectivity index (χ1) is 35.6. The SMILES string of the molecule is CCc1nc2ccccc2n1-c1cccc(-c2c3ccccc3nc3oc4cc(-c5ccc6nc7oc8ccccc8c7c(-c7cccc(-n8c(-c9ccccc9)nc9ccccc98)c7)c6c5)ccc4c23)c1. The van der Waals surface area contributed by atoms with Gasteiger partial charge in [0.15, 0.2) is 0 Å². The Hall–Kier alpha value is -9.66. The number of fused-ring (bicyclic) bond motifs is 10. The highest BCUT2D eigenvalue weighted by atomic mass is 16.3. The summed E-state index contributed by atoms with van der Waals surface area (Å²) in [6.45, 7) is 2.16. The molecule has 0 atom stereocenters. The lowest BCUT2D eigenvalue weighted by Gasteiger charge is -2.14. The lowest BCUT2D eigenvalue weighted by atomic mass is 9.93. The Labute approximate surface area is 411 Å². The van der Waals surface area contributed by atoms with Crippen molar-refractivity contribution in [2.45, 2.75) is 13.3 Å². The minimum absolute atomic E-state index is 0.601. The molecule has 0 radical (unpaired) electrons. The first-order valence-corrected chi connectivity index (χ1v) is 24.3. The molecule has 6 aromatic heterocycles. The zero-order valence-electron chi connectivity index (χ0n) is 38.9. The van der Waals surface area contributed by atoms with E-state index < -0.39 is 0 Å². The number of rotatable bonds is 7. The summed E-state index contributed by atoms with van der Waals surface area (Å²) in [5, 5.41) is 6.05. The van der Waals surface area contributed by atoms with Crippen molar-refractivity contribution < 1.29 is 8.83 Å². The highest BCUT2D eigenvalue weighted by Crippen LogP contribution is 2.45. The van der Waals surface area contributed by atoms with Crippen LogP contribution in [-0.2, 0) is 6.42 Å². The lowest BCUT2D eigenvalue weighted by molar-refractivity contribution is 0.655. The largest absolute Gasteiger partial charge is 0.438 e. The maximum Gasteiger partial charge on any atom is 0.228 e. The van der Waals surface area contributed by atoms with Gasteiger partial charge in [0.05, 0.1) is 43.9 Å². The molecule has 15 aromatic rings. The smallest absolute Gasteiger partial charge is 0.228 e. The molecule has 6 heterocycles. The van der Waals surface area contributed by atoms with Gasteiger partial charge < -0.3 is 8.83 Å². The standard InChI is InChI=1S/C64H40N6O2/c1-2-57-65-51-25-9-11-27-53(51)69(57)43-20-14-18-41(34-43)58-45-22-6-8-24-49(45)67-64-61(58)47-32-30-40(37-56(47)72-64)39-31-33-50-48(36-39)59(60-46-23-7-13-29-55(46)71-63(60)68-50)42-19-15-21-44(35-42)70-54-28-12-10-26-52(54)66-62(70)38-16-4-3-5-17-38/h3-37H,2H2,1H3. The van der Waals surface area contributed by atoms with Gasteiger partial charge >= 0.3 is 0 Å². The Morgan fingerprint density at radius 3 is 1.65 bits per heavy atom. The molecule has 0 saturated carbocycles. The molecule has 0 fully saturated rings. The summed E-state index contributed by atoms with van der Waals surface area (Å²) in [7, 11) is 0. The van der Waals surface area contributed by atoms with E-state index in [1.54, 1.807) is 0 Å². The molecule has 0 bridgehead atoms. The van der Waals surface area contributed by atoms with Gasteiger partial charge in [0.25, 0.3) is 0 Å². The zero-order valence-corrected chi connectivity index (χ0v) is 38.9. The number of aryl methyl sites for hydroxylation is 1. The predicted octanol–water partition coefficient (Wildman–Crippen LogP) is 16.5. The third-order valence-electron chi connectivity index (χ3n) is 14.3. The molecular formula is C64H40N6O2. The predicted molar refractivity (Wildman–Crippen MR) is 292 cm³/mol. The van der Waals surface area contributed by atoms with Crippen LogP contribution < -0.4 is 0 Å². The number of imidazole rings is 2. The Bertz CT molecular complexity index is 4690. The zero-order chi connectivity index (χ0) is 47.4. The number of hydrogen-bond donors (Lipinski definition) is 0. The average molecular weight is 925 g/mol. The number of nitrogens with zero attached hydrogens (tertiary/aromatic N) is 6. The Morgan fingerprint density at radius 1 is 0.361 bits per heavy atom. The first kappa shape index (κ1) is 40.2. The second-order valence-electron chi connectivity index (χ2n) is 18.4. The van der Waals surface area contributed by atoms with Crippen molar-refractivity contribution in [1.82, 2.24) is 29.1 Å². The van der Waals surface area contributed by atoms with E-state index in [1.165, 1.54) is 0 Å². The normalized spacial score (nSPS) is 12.0. The fourth-order valence-electron chi connectivity index (χ4n) is 11.1. The van der Waals surface area contributed by atoms with Crippen LogP contribution in [0.2, 0.25) is 0 Å². The van der Waals surface area contributed by atoms with Crippen molar-refractivity contribution in [2.24, 2.45) is 0 Å². The van der Waals surface area contributed by atoms with E-state index in [0.29, 0.717) is 11.4 Å². The average Bonchev–Trinajstić information content (AvgIpc) is 4.22. The third kappa shape index (κ3) is 6.12. The lowest BCUT2D eigenvalue weighted by Crippen LogP contribution is -2.00. The summed E-state index contributed by atoms with van der Waals surface area (Å²) in [4.78, 5) is 20.5. The quantitative estimate of drug-likeness (QED) is 0.158. The van der Waals surface area contributed by atoms with Gasteiger partial charge in [-0.15, -0.1) is 0 Å². The van der Waals surface area contributed by atoms with Crippen molar-refractivity contribution in [1.29, 1.82) is 0 Å². The summed E-state index contributed by atoms with van der Waals surface area (Å²) in [6.07, 6.45) is 0.808. The summed E-state index contributed by atoms with van der Waals surface area (Å²) in [5.74, 6) is 1.90. The van der Waals surface area contributed by atoms with Crippen molar-refractivity contribution in [3.8, 4) is 56.1 Å². The van der Waals surface area contributed by atoms with E-state index in [0.717, 1.165) is 145 Å². The summed E-state index contributed by atoms with van der Waals surface area (Å²) in [5.41, 5.74) is 18.0. The second-order valence-corrected chi connectivity index (χ2v) is 18.4. The maximum atomic E-state index is 6.82. The maximum absolute atomic E-state index is 6.82. The number of furan rings is 2. The van der Waals surface area contributed by atoms with Crippen molar-refractivity contribution >= 4 is 88.0 Å². The molecule has 0 amide bonds. The molecule has 0 saturated heterocycles. The molecule has 0 aliphatic carbocycles. The van der Waals surface area contributed by atoms with Gasteiger partial charge in [0.1, 0.15) is 22.8 Å². The van der Waals surface area contributed by atoms with Crippen molar-refractivity contribution in [3.05, 3.63) is 218 Å². The van der Waals surface area contributed by atoms with E-state index in [1.807, 2.05) is 36.4 Å². The molecule has 0 aliphatic heterocycles. The Kier molecular flexibility index (Phi) is 8.77. The molecule has 8 heteroatoms. The van der Waals surface area contributed by atoms with Crippen LogP contribution >= 0.6 is 0 Å². The fraction of sp³-hybridized carbons (Fsp3) is 0.0312. The number of benzene rings is 9. The highest BCUT2D eigenvalue weighted by Gasteiger charge is 2.23. The molecule has 0 unspecified atom stereocenters. The number of para-hydroxylation sites is 6. The topological polar surface area (TPSA) is 87.7 Å². The van der Waals surface area contributed by atoms with Gasteiger partial charge in [-0.1, -0.05) is 134 Å². The molecule has 9 aromatic carbocycles. The molecule has 72 heavy (non-hydrogen) atoms. The van der Waals surface area contributed by atoms with Crippen molar-refractivity contribution in [3.63, 3.8) is 0 Å². The van der Waals surface area contributed by atoms with Gasteiger partial charge in [-0.2, -0.15) is 0 Å². The summed E-state index contributed by atoms with van der Waals surface area (Å²) >= 11 is 0. The minimum atomic E-state index is 0.601. The first-order valence-electron chi connectivity index (χ1n) is 24.3. The van der Waals surface area contributed by atoms with Crippen LogP contribution in [0.4, 0.5) is 0 Å². The third-order valence-corrected chi connectivity index (χ3v) is 14.3. The number of hydrogen-bond acceptors (Lipinski definition) is 6. The second kappa shape index (κ2) is 15.7. The van der Waals surface area contributed by atoms with E-state index >= 15 is 0 Å². The van der Waals surface area contributed by atoms with Crippen LogP contribution in [0.5, 0.6) is 0 Å². The fourth-order valence-corrected chi connectivity index (χ4v) is 11.1. The number of pyridine rings is 2. The van der Waals surface area contributed by atoms with Gasteiger partial charge in [0.2, 0.25) is 11.4 Å². The molecule has 15 rings (SSSR count). The van der Waals surface area contributed by atoms with E-state index in [2.05, 4.69) is 192 Å². The van der Waals surface area contributed by atoms with Crippen LogP contribution in [0.3, 0.4) is 0 Å². The minimum Gasteiger partial charge on any atom is -0.438 e. The van der Waals surface area contributed by atoms with Gasteiger partial charge in [0, 0.05) is 56.0 Å². The molecule has 0 spiro atoms. The Morgan fingerprint density at radius 2 is 0.903 bits per heavy atom. The van der Waals surface area contributed by atoms with Gasteiger partial charge in [-0.05, 0) is 107 Å². The summed E-state index contributed by atoms with van der Waals surface area (Å²) in [6, 6.07) is 74.3. The van der Waals surface area contributed by atoms with Crippen LogP contribution in [-0.4, -0.2) is 29.1 Å². The van der Waals surface area contributed by atoms with E-state index in [-0.39, 0.29) is 0 Å². The van der Waals surface area contributed by atoms with Gasteiger partial charge in [-0.3, -0.25) is 9.13 Å².